The van der Waals surface area contributed by atoms with Crippen LogP contribution in [0.2, 0.25) is 0 Å². The molecular weight excluding hydrogens is 538 g/mol. The fraction of sp³-hybridized carbons (Fsp3) is 0.562. The molecule has 0 aliphatic carbocycles. The van der Waals surface area contributed by atoms with Gasteiger partial charge in [-0.1, -0.05) is 72.2 Å². The number of carbonyl (C=O) groups is 2. The molecule has 3 heterocycles. The maximum atomic E-state index is 13.5. The molecule has 1 spiro atoms. The maximum absolute atomic E-state index is 13.5. The summed E-state index contributed by atoms with van der Waals surface area (Å²) in [5, 5.41) is 0. The van der Waals surface area contributed by atoms with E-state index in [1.54, 1.807) is 0 Å². The summed E-state index contributed by atoms with van der Waals surface area (Å²) in [4.78, 5) is 33.6. The van der Waals surface area contributed by atoms with Gasteiger partial charge in [-0.25, -0.2) is 0 Å². The highest BCUT2D eigenvalue weighted by Gasteiger charge is 2.48. The van der Waals surface area contributed by atoms with Crippen LogP contribution in [0.5, 0.6) is 0 Å². The molecule has 204 valence electrons. The van der Waals surface area contributed by atoms with Gasteiger partial charge in [-0.2, -0.15) is 0 Å². The number of carbonyl (C=O) groups excluding carboxylic acids is 2. The first-order valence-electron chi connectivity index (χ1n) is 14.5. The molecular formula is C32H42BrN3O2. The normalized spacial score (nSPS) is 23.6. The lowest BCUT2D eigenvalue weighted by atomic mass is 9.76. The Bertz CT molecular complexity index is 1090. The highest BCUT2D eigenvalue weighted by molar-refractivity contribution is 9.10. The highest BCUT2D eigenvalue weighted by atomic mass is 79.9. The van der Waals surface area contributed by atoms with Crippen molar-refractivity contribution in [1.82, 2.24) is 14.7 Å². The first-order valence-corrected chi connectivity index (χ1v) is 15.3. The van der Waals surface area contributed by atoms with Gasteiger partial charge in [0.1, 0.15) is 0 Å². The Kier molecular flexibility index (Phi) is 8.59. The van der Waals surface area contributed by atoms with Crippen LogP contribution in [0, 0.1) is 17.3 Å². The second-order valence-electron chi connectivity index (χ2n) is 11.7. The van der Waals surface area contributed by atoms with E-state index in [1.165, 1.54) is 11.1 Å². The van der Waals surface area contributed by atoms with Crippen molar-refractivity contribution in [2.75, 3.05) is 39.3 Å². The van der Waals surface area contributed by atoms with E-state index in [-0.39, 0.29) is 11.3 Å². The lowest BCUT2D eigenvalue weighted by Gasteiger charge is -2.39. The summed E-state index contributed by atoms with van der Waals surface area (Å²) in [5.74, 6) is 1.62. The number of amides is 2. The Morgan fingerprint density at radius 3 is 2.26 bits per heavy atom. The molecule has 3 aliphatic heterocycles. The third-order valence-corrected chi connectivity index (χ3v) is 10.0. The Morgan fingerprint density at radius 2 is 1.61 bits per heavy atom. The molecule has 0 saturated carbocycles. The molecule has 0 aromatic heterocycles. The van der Waals surface area contributed by atoms with Gasteiger partial charge in [0.15, 0.2) is 0 Å². The number of hydrogen-bond donors (Lipinski definition) is 0. The lowest BCUT2D eigenvalue weighted by Crippen LogP contribution is -2.46. The Hall–Kier alpha value is -2.18. The van der Waals surface area contributed by atoms with Gasteiger partial charge in [0.2, 0.25) is 11.8 Å². The molecule has 3 aliphatic rings. The van der Waals surface area contributed by atoms with E-state index < -0.39 is 0 Å². The molecule has 0 radical (unpaired) electrons. The fourth-order valence-electron chi connectivity index (χ4n) is 7.02. The van der Waals surface area contributed by atoms with Crippen molar-refractivity contribution in [3.63, 3.8) is 0 Å². The Balaban J connectivity index is 1.21. The third-order valence-electron chi connectivity index (χ3n) is 9.51. The Morgan fingerprint density at radius 1 is 0.947 bits per heavy atom. The van der Waals surface area contributed by atoms with Gasteiger partial charge in [-0.3, -0.25) is 9.59 Å². The van der Waals surface area contributed by atoms with Crippen molar-refractivity contribution in [3.8, 4) is 0 Å². The highest BCUT2D eigenvalue weighted by Crippen LogP contribution is 2.43. The monoisotopic (exact) mass is 579 g/mol. The smallest absolute Gasteiger partial charge is 0.229 e. The zero-order valence-electron chi connectivity index (χ0n) is 22.9. The molecule has 2 aromatic carbocycles. The molecule has 0 N–H and O–H groups in total. The van der Waals surface area contributed by atoms with E-state index in [0.29, 0.717) is 30.2 Å². The van der Waals surface area contributed by atoms with Crippen molar-refractivity contribution < 1.29 is 9.59 Å². The van der Waals surface area contributed by atoms with Crippen LogP contribution in [0.15, 0.2) is 59.1 Å². The lowest BCUT2D eigenvalue weighted by molar-refractivity contribution is -0.139. The van der Waals surface area contributed by atoms with Crippen LogP contribution in [-0.4, -0.2) is 65.8 Å². The summed E-state index contributed by atoms with van der Waals surface area (Å²) in [6.07, 6.45) is 4.69. The van der Waals surface area contributed by atoms with Gasteiger partial charge in [0, 0.05) is 49.0 Å². The average Bonchev–Trinajstić information content (AvgIpc) is 3.49. The van der Waals surface area contributed by atoms with Gasteiger partial charge in [0.25, 0.3) is 0 Å². The van der Waals surface area contributed by atoms with Crippen molar-refractivity contribution in [3.05, 3.63) is 70.2 Å². The first kappa shape index (κ1) is 27.4. The van der Waals surface area contributed by atoms with Gasteiger partial charge < -0.3 is 14.7 Å². The number of likely N-dealkylation sites (tertiary alicyclic amines) is 3. The molecule has 5 nitrogen and oxygen atoms in total. The van der Waals surface area contributed by atoms with E-state index in [9.17, 15) is 9.59 Å². The van der Waals surface area contributed by atoms with Crippen LogP contribution in [0.1, 0.15) is 63.0 Å². The number of nitrogens with zero attached hydrogens (tertiary/aromatic N) is 3. The zero-order chi connectivity index (χ0) is 26.7. The summed E-state index contributed by atoms with van der Waals surface area (Å²) >= 11 is 3.50. The molecule has 2 unspecified atom stereocenters. The van der Waals surface area contributed by atoms with Crippen molar-refractivity contribution in [2.45, 2.75) is 58.4 Å². The van der Waals surface area contributed by atoms with Crippen LogP contribution >= 0.6 is 15.9 Å². The van der Waals surface area contributed by atoms with Gasteiger partial charge in [0.05, 0.1) is 5.41 Å². The van der Waals surface area contributed by atoms with Crippen molar-refractivity contribution in [2.24, 2.45) is 17.3 Å². The molecule has 2 aromatic rings. The SMILES string of the molecule is CCC(CC)C(=O)N1CC(CN2CCC3(CC2)CCN(Cc2ccc(Br)cc2)C3=O)C(c2ccccc2)C1. The summed E-state index contributed by atoms with van der Waals surface area (Å²) in [5.41, 5.74) is 2.36. The van der Waals surface area contributed by atoms with E-state index in [1.807, 2.05) is 0 Å². The summed E-state index contributed by atoms with van der Waals surface area (Å²) in [6, 6.07) is 19.1. The van der Waals surface area contributed by atoms with Crippen LogP contribution in [0.4, 0.5) is 0 Å². The predicted molar refractivity (Wildman–Crippen MR) is 156 cm³/mol. The third kappa shape index (κ3) is 5.72. The molecule has 38 heavy (non-hydrogen) atoms. The number of rotatable bonds is 8. The summed E-state index contributed by atoms with van der Waals surface area (Å²) < 4.78 is 1.07. The van der Waals surface area contributed by atoms with Crippen LogP contribution in [-0.2, 0) is 16.1 Å². The molecule has 2 atom stereocenters. The van der Waals surface area contributed by atoms with Gasteiger partial charge in [-0.15, -0.1) is 0 Å². The van der Waals surface area contributed by atoms with E-state index in [0.717, 1.165) is 75.8 Å². The maximum Gasteiger partial charge on any atom is 0.229 e. The second-order valence-corrected chi connectivity index (χ2v) is 12.6. The standard InChI is InChI=1S/C32H42BrN3O2/c1-3-25(4-2)30(37)36-22-27(29(23-36)26-8-6-5-7-9-26)21-34-17-14-32(15-18-34)16-19-35(31(32)38)20-24-10-12-28(33)13-11-24/h5-13,25,27,29H,3-4,14-23H2,1-2H3. The van der Waals surface area contributed by atoms with Crippen LogP contribution < -0.4 is 0 Å². The molecule has 6 heteroatoms. The number of halogens is 1. The van der Waals surface area contributed by atoms with Crippen LogP contribution in [0.3, 0.4) is 0 Å². The summed E-state index contributed by atoms with van der Waals surface area (Å²) in [6.45, 7) is 10.4. The zero-order valence-corrected chi connectivity index (χ0v) is 24.5. The second kappa shape index (κ2) is 11.9. The molecule has 3 fully saturated rings. The van der Waals surface area contributed by atoms with Crippen LogP contribution in [0.25, 0.3) is 0 Å². The fourth-order valence-corrected chi connectivity index (χ4v) is 7.29. The van der Waals surface area contributed by atoms with E-state index in [2.05, 4.69) is 99.1 Å². The molecule has 3 saturated heterocycles. The minimum atomic E-state index is -0.183. The topological polar surface area (TPSA) is 43.9 Å². The summed E-state index contributed by atoms with van der Waals surface area (Å²) in [7, 11) is 0. The average molecular weight is 581 g/mol. The largest absolute Gasteiger partial charge is 0.341 e. The first-order chi connectivity index (χ1) is 18.4. The van der Waals surface area contributed by atoms with Gasteiger partial charge in [-0.05, 0) is 74.4 Å². The van der Waals surface area contributed by atoms with Crippen molar-refractivity contribution in [1.29, 1.82) is 0 Å². The van der Waals surface area contributed by atoms with Gasteiger partial charge >= 0.3 is 0 Å². The Labute approximate surface area is 236 Å². The predicted octanol–water partition coefficient (Wildman–Crippen LogP) is 5.94. The van der Waals surface area contributed by atoms with E-state index >= 15 is 0 Å². The van der Waals surface area contributed by atoms with E-state index in [4.69, 9.17) is 0 Å². The number of benzene rings is 2. The molecule has 0 bridgehead atoms. The number of piperidine rings is 1. The number of hydrogen-bond acceptors (Lipinski definition) is 3. The quantitative estimate of drug-likeness (QED) is 0.388. The van der Waals surface area contributed by atoms with Crippen molar-refractivity contribution >= 4 is 27.7 Å². The minimum Gasteiger partial charge on any atom is -0.341 e. The minimum absolute atomic E-state index is 0.133. The molecule has 5 rings (SSSR count). The molecule has 2 amide bonds.